The fraction of sp³-hybridized carbons (Fsp3) is 0.462. The molecule has 0 saturated carbocycles. The molecule has 0 fully saturated rings. The maximum atomic E-state index is 3.00. The molecule has 0 aliphatic carbocycles. The Kier molecular flexibility index (Phi) is 28.4. The van der Waals surface area contributed by atoms with Gasteiger partial charge in [-0.15, -0.1) is 13.2 Å². The molecular weight excluding hydrogens is 312 g/mol. The van der Waals surface area contributed by atoms with Gasteiger partial charge >= 0.3 is 0 Å². The highest BCUT2D eigenvalue weighted by molar-refractivity contribution is 5.71. The molecule has 0 aliphatic heterocycles. The lowest BCUT2D eigenvalue weighted by Crippen LogP contribution is -1.90. The Morgan fingerprint density at radius 3 is 1.27 bits per heavy atom. The Hall–Kier alpha value is -1.82. The van der Waals surface area contributed by atoms with Crippen LogP contribution in [0.4, 0.5) is 0 Å². The molecular formula is C26H46. The Morgan fingerprint density at radius 2 is 0.923 bits per heavy atom. The van der Waals surface area contributed by atoms with Gasteiger partial charge in [0, 0.05) is 0 Å². The van der Waals surface area contributed by atoms with Gasteiger partial charge in [0.2, 0.25) is 0 Å². The Morgan fingerprint density at radius 1 is 0.538 bits per heavy atom. The lowest BCUT2D eigenvalue weighted by atomic mass is 9.93. The quantitative estimate of drug-likeness (QED) is 0.445. The fourth-order valence-electron chi connectivity index (χ4n) is 2.44. The molecule has 0 radical (unpaired) electrons. The van der Waals surface area contributed by atoms with Crippen LogP contribution in [-0.2, 0) is 0 Å². The van der Waals surface area contributed by atoms with E-state index in [0.717, 1.165) is 0 Å². The molecule has 0 spiro atoms. The van der Waals surface area contributed by atoms with Gasteiger partial charge in [-0.05, 0) is 49.9 Å². The lowest BCUT2D eigenvalue weighted by Gasteiger charge is -2.12. The molecule has 0 bridgehead atoms. The second kappa shape index (κ2) is 23.2. The van der Waals surface area contributed by atoms with Crippen molar-refractivity contribution < 1.29 is 0 Å². The van der Waals surface area contributed by atoms with Crippen LogP contribution in [0.3, 0.4) is 0 Å². The molecule has 2 aromatic rings. The molecule has 2 rings (SSSR count). The van der Waals surface area contributed by atoms with Crippen molar-refractivity contribution in [2.24, 2.45) is 0 Å². The van der Waals surface area contributed by atoms with E-state index in [0.29, 0.717) is 0 Å². The van der Waals surface area contributed by atoms with Crippen LogP contribution in [0.15, 0.2) is 49.6 Å². The highest BCUT2D eigenvalue weighted by atomic mass is 14.1. The van der Waals surface area contributed by atoms with Crippen LogP contribution in [-0.4, -0.2) is 0 Å². The van der Waals surface area contributed by atoms with Crippen LogP contribution in [0.25, 0.3) is 11.1 Å². The molecule has 150 valence electrons. The second-order valence-electron chi connectivity index (χ2n) is 4.64. The summed E-state index contributed by atoms with van der Waals surface area (Å²) in [5, 5.41) is 0. The van der Waals surface area contributed by atoms with Gasteiger partial charge in [0.25, 0.3) is 0 Å². The normalized spacial score (nSPS) is 7.54. The summed E-state index contributed by atoms with van der Waals surface area (Å²) in [5.74, 6) is 0. The van der Waals surface area contributed by atoms with E-state index in [1.807, 2.05) is 55.4 Å². The summed E-state index contributed by atoms with van der Waals surface area (Å²) in [6.07, 6.45) is 0. The van der Waals surface area contributed by atoms with Crippen LogP contribution < -0.4 is 0 Å². The van der Waals surface area contributed by atoms with Gasteiger partial charge < -0.3 is 0 Å². The van der Waals surface area contributed by atoms with Crippen molar-refractivity contribution in [1.29, 1.82) is 0 Å². The number of aryl methyl sites for hydroxylation is 4. The maximum absolute atomic E-state index is 3.00. The van der Waals surface area contributed by atoms with E-state index in [1.165, 1.54) is 33.4 Å². The molecule has 0 unspecified atom stereocenters. The van der Waals surface area contributed by atoms with E-state index in [2.05, 4.69) is 77.3 Å². The van der Waals surface area contributed by atoms with Gasteiger partial charge in [-0.1, -0.05) is 103 Å². The average Bonchev–Trinajstić information content (AvgIpc) is 2.69. The number of benzene rings is 2. The summed E-state index contributed by atoms with van der Waals surface area (Å²) in [7, 11) is 0. The molecule has 0 amide bonds. The SMILES string of the molecule is C=C.CC.CC.CC.CC.Cc1cccc(-c2c(C)cc(C)cc2C)c1. The van der Waals surface area contributed by atoms with Crippen molar-refractivity contribution in [3.63, 3.8) is 0 Å². The fourth-order valence-corrected chi connectivity index (χ4v) is 2.44. The Balaban J connectivity index is -0.000000210. The van der Waals surface area contributed by atoms with E-state index < -0.39 is 0 Å². The van der Waals surface area contributed by atoms with Gasteiger partial charge in [0.1, 0.15) is 0 Å². The number of hydrogen-bond donors (Lipinski definition) is 0. The average molecular weight is 359 g/mol. The van der Waals surface area contributed by atoms with E-state index in [1.54, 1.807) is 0 Å². The number of rotatable bonds is 1. The smallest absolute Gasteiger partial charge is 0.0125 e. The van der Waals surface area contributed by atoms with E-state index in [-0.39, 0.29) is 0 Å². The highest BCUT2D eigenvalue weighted by Crippen LogP contribution is 2.28. The summed E-state index contributed by atoms with van der Waals surface area (Å²) >= 11 is 0. The first-order chi connectivity index (χ1) is 12.6. The van der Waals surface area contributed by atoms with Crippen LogP contribution in [0.1, 0.15) is 77.6 Å². The molecule has 0 nitrogen and oxygen atoms in total. The number of hydrogen-bond acceptors (Lipinski definition) is 0. The third kappa shape index (κ3) is 12.5. The van der Waals surface area contributed by atoms with Crippen molar-refractivity contribution in [2.75, 3.05) is 0 Å². The van der Waals surface area contributed by atoms with Crippen LogP contribution in [0, 0.1) is 27.7 Å². The predicted molar refractivity (Wildman–Crippen MR) is 127 cm³/mol. The zero-order valence-corrected chi connectivity index (χ0v) is 19.9. The van der Waals surface area contributed by atoms with E-state index in [9.17, 15) is 0 Å². The van der Waals surface area contributed by atoms with Gasteiger partial charge in [-0.3, -0.25) is 0 Å². The van der Waals surface area contributed by atoms with Crippen LogP contribution >= 0.6 is 0 Å². The third-order valence-corrected chi connectivity index (χ3v) is 2.98. The molecule has 26 heavy (non-hydrogen) atoms. The molecule has 0 saturated heterocycles. The summed E-state index contributed by atoms with van der Waals surface area (Å²) in [5.41, 5.74) is 8.10. The van der Waals surface area contributed by atoms with E-state index in [4.69, 9.17) is 0 Å². The van der Waals surface area contributed by atoms with Crippen molar-refractivity contribution in [3.05, 3.63) is 71.8 Å². The first kappa shape index (κ1) is 31.9. The molecule has 0 N–H and O–H groups in total. The third-order valence-electron chi connectivity index (χ3n) is 2.98. The topological polar surface area (TPSA) is 0 Å². The first-order valence-corrected chi connectivity index (χ1v) is 10.2. The van der Waals surface area contributed by atoms with Gasteiger partial charge in [0.15, 0.2) is 0 Å². The van der Waals surface area contributed by atoms with Crippen LogP contribution in [0.5, 0.6) is 0 Å². The largest absolute Gasteiger partial charge is 0.106 e. The summed E-state index contributed by atoms with van der Waals surface area (Å²) in [6.45, 7) is 30.7. The molecule has 2 aromatic carbocycles. The molecule has 0 aromatic heterocycles. The van der Waals surface area contributed by atoms with Crippen molar-refractivity contribution >= 4 is 0 Å². The van der Waals surface area contributed by atoms with Crippen molar-refractivity contribution in [3.8, 4) is 11.1 Å². The van der Waals surface area contributed by atoms with Crippen molar-refractivity contribution in [2.45, 2.75) is 83.1 Å². The summed E-state index contributed by atoms with van der Waals surface area (Å²) < 4.78 is 0. The van der Waals surface area contributed by atoms with E-state index >= 15 is 0 Å². The molecule has 0 atom stereocenters. The molecule has 0 heteroatoms. The van der Waals surface area contributed by atoms with Crippen molar-refractivity contribution in [1.82, 2.24) is 0 Å². The van der Waals surface area contributed by atoms with Gasteiger partial charge in [-0.25, -0.2) is 0 Å². The van der Waals surface area contributed by atoms with Gasteiger partial charge in [-0.2, -0.15) is 0 Å². The summed E-state index contributed by atoms with van der Waals surface area (Å²) in [6, 6.07) is 13.2. The minimum absolute atomic E-state index is 1.32. The second-order valence-corrected chi connectivity index (χ2v) is 4.64. The standard InChI is InChI=1S/C16H18.4C2H6.C2H4/c1-11-6-5-7-15(10-11)16-13(3)8-12(2)9-14(16)4;5*1-2/h5-10H,1-4H3;4*1-2H3;1-2H2. The van der Waals surface area contributed by atoms with Crippen LogP contribution in [0.2, 0.25) is 0 Å². The Bertz CT molecular complexity index is 512. The maximum Gasteiger partial charge on any atom is -0.0125 e. The Labute approximate surface area is 166 Å². The molecule has 0 heterocycles. The summed E-state index contributed by atoms with van der Waals surface area (Å²) in [4.78, 5) is 0. The predicted octanol–water partition coefficient (Wildman–Crippen LogP) is 9.49. The zero-order chi connectivity index (χ0) is 21.7. The minimum atomic E-state index is 1.32. The minimum Gasteiger partial charge on any atom is -0.106 e. The zero-order valence-electron chi connectivity index (χ0n) is 19.9. The van der Waals surface area contributed by atoms with Gasteiger partial charge in [0.05, 0.1) is 0 Å². The monoisotopic (exact) mass is 358 g/mol. The lowest BCUT2D eigenvalue weighted by molar-refractivity contribution is 1.31. The molecule has 0 aliphatic rings. The first-order valence-electron chi connectivity index (χ1n) is 10.2. The highest BCUT2D eigenvalue weighted by Gasteiger charge is 2.06.